The molecule has 3 rings (SSSR count). The molecule has 8 nitrogen and oxygen atoms in total. The van der Waals surface area contributed by atoms with Crippen molar-refractivity contribution in [1.29, 1.82) is 0 Å². The third-order valence-electron chi connectivity index (χ3n) is 4.11. The van der Waals surface area contributed by atoms with E-state index in [-0.39, 0.29) is 12.1 Å². The third kappa shape index (κ3) is 3.95. The van der Waals surface area contributed by atoms with Crippen LogP contribution in [-0.4, -0.2) is 64.4 Å². The van der Waals surface area contributed by atoms with Gasteiger partial charge in [-0.3, -0.25) is 0 Å². The molecule has 0 spiro atoms. The van der Waals surface area contributed by atoms with Crippen molar-refractivity contribution in [1.82, 2.24) is 25.3 Å². The van der Waals surface area contributed by atoms with Gasteiger partial charge in [-0.2, -0.15) is 0 Å². The van der Waals surface area contributed by atoms with Gasteiger partial charge in [-0.1, -0.05) is 0 Å². The second kappa shape index (κ2) is 7.50. The molecule has 0 unspecified atom stereocenters. The number of aliphatic hydroxyl groups excluding tert-OH is 1. The predicted octanol–water partition coefficient (Wildman–Crippen LogP) is 0.0620. The molecule has 128 valence electrons. The molecule has 24 heavy (non-hydrogen) atoms. The molecule has 0 radical (unpaired) electrons. The highest BCUT2D eigenvalue weighted by molar-refractivity contribution is 5.51. The summed E-state index contributed by atoms with van der Waals surface area (Å²) in [6.07, 6.45) is 7.08. The van der Waals surface area contributed by atoms with Crippen LogP contribution in [0.4, 0.5) is 11.6 Å². The van der Waals surface area contributed by atoms with E-state index in [9.17, 15) is 5.11 Å². The van der Waals surface area contributed by atoms with Gasteiger partial charge in [0.25, 0.3) is 0 Å². The predicted molar refractivity (Wildman–Crippen MR) is 91.9 cm³/mol. The Morgan fingerprint density at radius 2 is 2.04 bits per heavy atom. The van der Waals surface area contributed by atoms with Crippen LogP contribution in [0.15, 0.2) is 31.1 Å². The molecule has 3 heterocycles. The van der Waals surface area contributed by atoms with Gasteiger partial charge in [-0.25, -0.2) is 19.9 Å². The summed E-state index contributed by atoms with van der Waals surface area (Å²) in [6, 6.07) is 2.14. The first kappa shape index (κ1) is 16.5. The van der Waals surface area contributed by atoms with Gasteiger partial charge in [-0.05, 0) is 6.42 Å². The van der Waals surface area contributed by atoms with Crippen molar-refractivity contribution in [3.63, 3.8) is 0 Å². The van der Waals surface area contributed by atoms with Crippen molar-refractivity contribution in [2.24, 2.45) is 0 Å². The van der Waals surface area contributed by atoms with Crippen molar-refractivity contribution >= 4 is 11.6 Å². The van der Waals surface area contributed by atoms with Crippen LogP contribution in [0.1, 0.15) is 12.0 Å². The van der Waals surface area contributed by atoms with E-state index in [1.165, 1.54) is 6.33 Å². The van der Waals surface area contributed by atoms with Gasteiger partial charge in [0.1, 0.15) is 24.3 Å². The SMILES string of the molecule is CN(C)c1cc(N2C[C@H](O)C[C@@H]2CNCc2cncnc2)ncn1. The Kier molecular flexibility index (Phi) is 5.17. The minimum Gasteiger partial charge on any atom is -0.391 e. The van der Waals surface area contributed by atoms with Crippen LogP contribution in [0, 0.1) is 0 Å². The average Bonchev–Trinajstić information content (AvgIpc) is 2.97. The monoisotopic (exact) mass is 329 g/mol. The summed E-state index contributed by atoms with van der Waals surface area (Å²) in [5, 5.41) is 13.5. The van der Waals surface area contributed by atoms with E-state index in [0.29, 0.717) is 13.1 Å². The van der Waals surface area contributed by atoms with E-state index in [1.807, 2.05) is 25.1 Å². The summed E-state index contributed by atoms with van der Waals surface area (Å²) in [6.45, 7) is 2.05. The minimum absolute atomic E-state index is 0.189. The fourth-order valence-corrected chi connectivity index (χ4v) is 2.91. The number of hydrogen-bond acceptors (Lipinski definition) is 8. The molecular weight excluding hydrogens is 306 g/mol. The van der Waals surface area contributed by atoms with Gasteiger partial charge >= 0.3 is 0 Å². The zero-order valence-electron chi connectivity index (χ0n) is 14.0. The lowest BCUT2D eigenvalue weighted by molar-refractivity contribution is 0.194. The molecule has 0 amide bonds. The van der Waals surface area contributed by atoms with Crippen LogP contribution in [0.3, 0.4) is 0 Å². The second-order valence-electron chi connectivity index (χ2n) is 6.20. The molecule has 0 aromatic carbocycles. The largest absolute Gasteiger partial charge is 0.391 e. The normalized spacial score (nSPS) is 20.4. The summed E-state index contributed by atoms with van der Waals surface area (Å²) >= 11 is 0. The van der Waals surface area contributed by atoms with E-state index in [1.54, 1.807) is 18.7 Å². The maximum Gasteiger partial charge on any atom is 0.134 e. The van der Waals surface area contributed by atoms with Crippen LogP contribution in [-0.2, 0) is 6.54 Å². The molecule has 2 atom stereocenters. The van der Waals surface area contributed by atoms with Crippen LogP contribution in [0.2, 0.25) is 0 Å². The molecule has 0 bridgehead atoms. The highest BCUT2D eigenvalue weighted by atomic mass is 16.3. The summed E-state index contributed by atoms with van der Waals surface area (Å²) in [5.74, 6) is 1.70. The van der Waals surface area contributed by atoms with Gasteiger partial charge in [-0.15, -0.1) is 0 Å². The van der Waals surface area contributed by atoms with Gasteiger partial charge in [0.15, 0.2) is 0 Å². The maximum atomic E-state index is 10.1. The van der Waals surface area contributed by atoms with Crippen molar-refractivity contribution < 1.29 is 5.11 Å². The lowest BCUT2D eigenvalue weighted by Gasteiger charge is -2.26. The third-order valence-corrected chi connectivity index (χ3v) is 4.11. The Morgan fingerprint density at radius 3 is 2.79 bits per heavy atom. The zero-order chi connectivity index (χ0) is 16.9. The molecule has 1 saturated heterocycles. The van der Waals surface area contributed by atoms with Crippen molar-refractivity contribution in [2.45, 2.75) is 25.1 Å². The Labute approximate surface area is 141 Å². The van der Waals surface area contributed by atoms with E-state index in [0.717, 1.165) is 30.2 Å². The summed E-state index contributed by atoms with van der Waals surface area (Å²) in [5.41, 5.74) is 1.04. The smallest absolute Gasteiger partial charge is 0.134 e. The Morgan fingerprint density at radius 1 is 1.25 bits per heavy atom. The molecule has 0 aliphatic carbocycles. The van der Waals surface area contributed by atoms with Crippen LogP contribution >= 0.6 is 0 Å². The van der Waals surface area contributed by atoms with E-state index in [2.05, 4.69) is 30.2 Å². The molecule has 1 aliphatic heterocycles. The van der Waals surface area contributed by atoms with E-state index >= 15 is 0 Å². The molecule has 8 heteroatoms. The number of nitrogens with one attached hydrogen (secondary N) is 1. The molecule has 2 N–H and O–H groups in total. The Bertz CT molecular complexity index is 652. The first-order valence-electron chi connectivity index (χ1n) is 8.02. The number of nitrogens with zero attached hydrogens (tertiary/aromatic N) is 6. The van der Waals surface area contributed by atoms with Crippen molar-refractivity contribution in [2.75, 3.05) is 37.0 Å². The second-order valence-corrected chi connectivity index (χ2v) is 6.20. The first-order valence-corrected chi connectivity index (χ1v) is 8.02. The molecule has 1 aliphatic rings. The molecule has 0 saturated carbocycles. The lowest BCUT2D eigenvalue weighted by atomic mass is 10.2. The number of β-amino-alcohol motifs (C(OH)–C–C–N with tert-alkyl or cyclic N) is 1. The fraction of sp³-hybridized carbons (Fsp3) is 0.500. The highest BCUT2D eigenvalue weighted by Crippen LogP contribution is 2.25. The standard InChI is InChI=1S/C16H23N7O/c1-22(2)15-4-16(21-11-20-15)23-9-14(24)3-13(23)8-17-5-12-6-18-10-19-7-12/h4,6-7,10-11,13-14,17,24H,3,5,8-9H2,1-2H3/t13-,14-/m1/s1. The Hall–Kier alpha value is -2.32. The summed E-state index contributed by atoms with van der Waals surface area (Å²) in [7, 11) is 3.90. The first-order chi connectivity index (χ1) is 11.6. The minimum atomic E-state index is -0.338. The topological polar surface area (TPSA) is 90.3 Å². The Balaban J connectivity index is 1.64. The maximum absolute atomic E-state index is 10.1. The molecule has 1 fully saturated rings. The van der Waals surface area contributed by atoms with Crippen molar-refractivity contribution in [3.05, 3.63) is 36.7 Å². The van der Waals surface area contributed by atoms with Crippen LogP contribution in [0.25, 0.3) is 0 Å². The summed E-state index contributed by atoms with van der Waals surface area (Å²) < 4.78 is 0. The average molecular weight is 329 g/mol. The molecule has 2 aromatic heterocycles. The number of aromatic nitrogens is 4. The van der Waals surface area contributed by atoms with Gasteiger partial charge < -0.3 is 20.2 Å². The van der Waals surface area contributed by atoms with Crippen LogP contribution < -0.4 is 15.1 Å². The highest BCUT2D eigenvalue weighted by Gasteiger charge is 2.31. The van der Waals surface area contributed by atoms with Gasteiger partial charge in [0.2, 0.25) is 0 Å². The fourth-order valence-electron chi connectivity index (χ4n) is 2.91. The number of rotatable bonds is 6. The van der Waals surface area contributed by atoms with Gasteiger partial charge in [0, 0.05) is 63.8 Å². The molecular formula is C16H23N7O. The van der Waals surface area contributed by atoms with Gasteiger partial charge in [0.05, 0.1) is 6.10 Å². The van der Waals surface area contributed by atoms with E-state index < -0.39 is 0 Å². The molecule has 2 aromatic rings. The quantitative estimate of drug-likeness (QED) is 0.769. The number of anilines is 2. The van der Waals surface area contributed by atoms with Crippen molar-refractivity contribution in [3.8, 4) is 0 Å². The van der Waals surface area contributed by atoms with E-state index in [4.69, 9.17) is 0 Å². The zero-order valence-corrected chi connectivity index (χ0v) is 14.0. The van der Waals surface area contributed by atoms with Crippen LogP contribution in [0.5, 0.6) is 0 Å². The summed E-state index contributed by atoms with van der Waals surface area (Å²) in [4.78, 5) is 20.8. The lowest BCUT2D eigenvalue weighted by Crippen LogP contribution is -2.38. The number of aliphatic hydroxyl groups is 1. The number of hydrogen-bond donors (Lipinski definition) is 2.